The monoisotopic (exact) mass is 268 g/mol. The maximum absolute atomic E-state index is 12.3. The lowest BCUT2D eigenvalue weighted by Crippen LogP contribution is -2.37. The minimum Gasteiger partial charge on any atom is -0.336 e. The Morgan fingerprint density at radius 1 is 1.39 bits per heavy atom. The zero-order valence-electron chi connectivity index (χ0n) is 11.3. The summed E-state index contributed by atoms with van der Waals surface area (Å²) in [5.74, 6) is 0.0327. The predicted molar refractivity (Wildman–Crippen MR) is 74.9 cm³/mol. The zero-order chi connectivity index (χ0) is 13.5. The summed E-state index contributed by atoms with van der Waals surface area (Å²) in [6.45, 7) is 7.03. The van der Waals surface area contributed by atoms with Crippen molar-refractivity contribution in [1.29, 1.82) is 0 Å². The van der Waals surface area contributed by atoms with E-state index in [4.69, 9.17) is 11.6 Å². The molecule has 1 heterocycles. The van der Waals surface area contributed by atoms with Crippen LogP contribution in [0.5, 0.6) is 0 Å². The SMILES string of the molecule is CCCCCN(C(=O)c1ccc(Cl)nc1)C(C)C. The zero-order valence-corrected chi connectivity index (χ0v) is 12.1. The summed E-state index contributed by atoms with van der Waals surface area (Å²) in [5, 5.41) is 0.411. The lowest BCUT2D eigenvalue weighted by molar-refractivity contribution is 0.0702. The Hall–Kier alpha value is -1.09. The van der Waals surface area contributed by atoms with Gasteiger partial charge in [-0.2, -0.15) is 0 Å². The van der Waals surface area contributed by atoms with Gasteiger partial charge in [0.2, 0.25) is 0 Å². The third-order valence-corrected chi connectivity index (χ3v) is 3.08. The minimum atomic E-state index is 0.0327. The smallest absolute Gasteiger partial charge is 0.255 e. The first-order valence-electron chi connectivity index (χ1n) is 6.48. The molecule has 0 aliphatic carbocycles. The highest BCUT2D eigenvalue weighted by Gasteiger charge is 2.18. The fourth-order valence-electron chi connectivity index (χ4n) is 1.79. The largest absolute Gasteiger partial charge is 0.336 e. The second-order valence-corrected chi connectivity index (χ2v) is 5.06. The highest BCUT2D eigenvalue weighted by Crippen LogP contribution is 2.12. The van der Waals surface area contributed by atoms with Crippen LogP contribution in [-0.2, 0) is 0 Å². The van der Waals surface area contributed by atoms with Gasteiger partial charge in [-0.25, -0.2) is 4.98 Å². The number of hydrogen-bond donors (Lipinski definition) is 0. The molecule has 0 saturated carbocycles. The molecule has 0 bridgehead atoms. The third kappa shape index (κ3) is 4.30. The van der Waals surface area contributed by atoms with Gasteiger partial charge in [-0.3, -0.25) is 4.79 Å². The van der Waals surface area contributed by atoms with Crippen molar-refractivity contribution in [2.75, 3.05) is 6.54 Å². The molecular weight excluding hydrogens is 248 g/mol. The van der Waals surface area contributed by atoms with Crippen molar-refractivity contribution in [3.05, 3.63) is 29.0 Å². The van der Waals surface area contributed by atoms with E-state index in [0.29, 0.717) is 10.7 Å². The summed E-state index contributed by atoms with van der Waals surface area (Å²) in [6, 6.07) is 3.58. The molecule has 100 valence electrons. The van der Waals surface area contributed by atoms with Crippen LogP contribution in [0, 0.1) is 0 Å². The van der Waals surface area contributed by atoms with Crippen molar-refractivity contribution < 1.29 is 4.79 Å². The summed E-state index contributed by atoms with van der Waals surface area (Å²) >= 11 is 5.72. The lowest BCUT2D eigenvalue weighted by atomic mass is 10.2. The van der Waals surface area contributed by atoms with Crippen LogP contribution >= 0.6 is 11.6 Å². The average Bonchev–Trinajstić information content (AvgIpc) is 2.34. The topological polar surface area (TPSA) is 33.2 Å². The molecule has 1 amide bonds. The van der Waals surface area contributed by atoms with Crippen LogP contribution in [0.15, 0.2) is 18.3 Å². The second kappa shape index (κ2) is 7.37. The van der Waals surface area contributed by atoms with Gasteiger partial charge in [-0.15, -0.1) is 0 Å². The van der Waals surface area contributed by atoms with Gasteiger partial charge in [0.1, 0.15) is 5.15 Å². The van der Waals surface area contributed by atoms with E-state index in [1.807, 2.05) is 18.7 Å². The molecule has 1 aromatic heterocycles. The molecule has 0 fully saturated rings. The lowest BCUT2D eigenvalue weighted by Gasteiger charge is -2.26. The van der Waals surface area contributed by atoms with Crippen LogP contribution in [0.2, 0.25) is 5.15 Å². The number of pyridine rings is 1. The molecule has 0 spiro atoms. The van der Waals surface area contributed by atoms with Crippen molar-refractivity contribution in [2.24, 2.45) is 0 Å². The number of carbonyl (C=O) groups excluding carboxylic acids is 1. The van der Waals surface area contributed by atoms with E-state index in [9.17, 15) is 4.79 Å². The first-order valence-corrected chi connectivity index (χ1v) is 6.86. The van der Waals surface area contributed by atoms with Crippen LogP contribution in [0.3, 0.4) is 0 Å². The number of amides is 1. The standard InChI is InChI=1S/C14H21ClN2O/c1-4-5-6-9-17(11(2)3)14(18)12-7-8-13(15)16-10-12/h7-8,10-11H,4-6,9H2,1-3H3. The molecule has 0 N–H and O–H groups in total. The molecule has 0 aromatic carbocycles. The fourth-order valence-corrected chi connectivity index (χ4v) is 1.91. The summed E-state index contributed by atoms with van der Waals surface area (Å²) in [7, 11) is 0. The Morgan fingerprint density at radius 2 is 2.11 bits per heavy atom. The van der Waals surface area contributed by atoms with E-state index in [-0.39, 0.29) is 11.9 Å². The Balaban J connectivity index is 2.73. The summed E-state index contributed by atoms with van der Waals surface area (Å²) in [4.78, 5) is 18.2. The van der Waals surface area contributed by atoms with Crippen LogP contribution in [0.1, 0.15) is 50.4 Å². The van der Waals surface area contributed by atoms with Gasteiger partial charge in [0, 0.05) is 18.8 Å². The number of unbranched alkanes of at least 4 members (excludes halogenated alkanes) is 2. The normalized spacial score (nSPS) is 10.7. The van der Waals surface area contributed by atoms with Gasteiger partial charge in [-0.05, 0) is 32.4 Å². The molecule has 0 unspecified atom stereocenters. The molecule has 0 atom stereocenters. The van der Waals surface area contributed by atoms with Crippen LogP contribution in [0.4, 0.5) is 0 Å². The molecule has 0 aliphatic rings. The molecule has 0 aliphatic heterocycles. The van der Waals surface area contributed by atoms with Gasteiger partial charge in [0.25, 0.3) is 5.91 Å². The first-order chi connectivity index (χ1) is 8.56. The van der Waals surface area contributed by atoms with Crippen LogP contribution in [-0.4, -0.2) is 28.4 Å². The van der Waals surface area contributed by atoms with E-state index < -0.39 is 0 Å². The van der Waals surface area contributed by atoms with E-state index in [0.717, 1.165) is 25.8 Å². The Labute approximate surface area is 114 Å². The highest BCUT2D eigenvalue weighted by molar-refractivity contribution is 6.29. The van der Waals surface area contributed by atoms with Crippen molar-refractivity contribution in [3.63, 3.8) is 0 Å². The predicted octanol–water partition coefficient (Wildman–Crippen LogP) is 3.78. The summed E-state index contributed by atoms with van der Waals surface area (Å²) < 4.78 is 0. The van der Waals surface area contributed by atoms with Gasteiger partial charge in [0.05, 0.1) is 5.56 Å². The Morgan fingerprint density at radius 3 is 2.61 bits per heavy atom. The molecule has 1 aromatic rings. The number of nitrogens with zero attached hydrogens (tertiary/aromatic N) is 2. The van der Waals surface area contributed by atoms with Crippen molar-refractivity contribution in [1.82, 2.24) is 9.88 Å². The Bertz CT molecular complexity index is 376. The van der Waals surface area contributed by atoms with Gasteiger partial charge >= 0.3 is 0 Å². The fraction of sp³-hybridized carbons (Fsp3) is 0.571. The number of carbonyl (C=O) groups is 1. The minimum absolute atomic E-state index is 0.0327. The van der Waals surface area contributed by atoms with Gasteiger partial charge in [-0.1, -0.05) is 31.4 Å². The molecule has 0 radical (unpaired) electrons. The summed E-state index contributed by atoms with van der Waals surface area (Å²) in [5.41, 5.74) is 0.601. The second-order valence-electron chi connectivity index (χ2n) is 4.67. The number of hydrogen-bond acceptors (Lipinski definition) is 2. The van der Waals surface area contributed by atoms with Crippen molar-refractivity contribution in [2.45, 2.75) is 46.1 Å². The molecule has 3 nitrogen and oxygen atoms in total. The van der Waals surface area contributed by atoms with Crippen molar-refractivity contribution in [3.8, 4) is 0 Å². The number of halogens is 1. The average molecular weight is 269 g/mol. The first kappa shape index (κ1) is 15.0. The molecular formula is C14H21ClN2O. The Kier molecular flexibility index (Phi) is 6.13. The molecule has 4 heteroatoms. The van der Waals surface area contributed by atoms with E-state index in [1.54, 1.807) is 18.3 Å². The number of rotatable bonds is 6. The maximum Gasteiger partial charge on any atom is 0.255 e. The quantitative estimate of drug-likeness (QED) is 0.581. The molecule has 0 saturated heterocycles. The number of aromatic nitrogens is 1. The summed E-state index contributed by atoms with van der Waals surface area (Å²) in [6.07, 6.45) is 4.89. The van der Waals surface area contributed by atoms with E-state index >= 15 is 0 Å². The van der Waals surface area contributed by atoms with E-state index in [1.165, 1.54) is 0 Å². The molecule has 1 rings (SSSR count). The van der Waals surface area contributed by atoms with Crippen molar-refractivity contribution >= 4 is 17.5 Å². The molecule has 18 heavy (non-hydrogen) atoms. The van der Waals surface area contributed by atoms with Gasteiger partial charge < -0.3 is 4.90 Å². The maximum atomic E-state index is 12.3. The third-order valence-electron chi connectivity index (χ3n) is 2.86. The van der Waals surface area contributed by atoms with Crippen LogP contribution in [0.25, 0.3) is 0 Å². The highest BCUT2D eigenvalue weighted by atomic mass is 35.5. The van der Waals surface area contributed by atoms with Gasteiger partial charge in [0.15, 0.2) is 0 Å². The van der Waals surface area contributed by atoms with E-state index in [2.05, 4.69) is 11.9 Å². The van der Waals surface area contributed by atoms with Crippen LogP contribution < -0.4 is 0 Å².